The van der Waals surface area contributed by atoms with Crippen LogP contribution in [0.15, 0.2) is 48.8 Å². The van der Waals surface area contributed by atoms with E-state index in [1.165, 1.54) is 6.33 Å². The van der Waals surface area contributed by atoms with Crippen molar-refractivity contribution in [2.45, 2.75) is 12.7 Å². The van der Waals surface area contributed by atoms with Gasteiger partial charge in [-0.2, -0.15) is 8.78 Å². The molecule has 0 aliphatic carbocycles. The molecule has 0 unspecified atom stereocenters. The average molecular weight is 387 g/mol. The van der Waals surface area contributed by atoms with Crippen molar-refractivity contribution in [3.63, 3.8) is 0 Å². The molecular formula is C20H19F2N3O3. The topological polar surface area (TPSA) is 56.7 Å². The molecule has 146 valence electrons. The van der Waals surface area contributed by atoms with Gasteiger partial charge in [0.1, 0.15) is 25.2 Å². The maximum Gasteiger partial charge on any atom is 0.373 e. The zero-order chi connectivity index (χ0) is 19.6. The summed E-state index contributed by atoms with van der Waals surface area (Å²) in [5.74, 6) is 1.22. The Morgan fingerprint density at radius 2 is 1.96 bits per heavy atom. The third-order valence-corrected chi connectivity index (χ3v) is 4.53. The first-order valence-corrected chi connectivity index (χ1v) is 8.81. The summed E-state index contributed by atoms with van der Waals surface area (Å²) in [6.07, 6.45) is -1.74. The Kier molecular flexibility index (Phi) is 4.95. The van der Waals surface area contributed by atoms with Crippen LogP contribution < -0.4 is 14.4 Å². The van der Waals surface area contributed by atoms with Gasteiger partial charge in [0.25, 0.3) is 0 Å². The van der Waals surface area contributed by atoms with Gasteiger partial charge in [0, 0.05) is 12.2 Å². The lowest BCUT2D eigenvalue weighted by molar-refractivity contribution is -0.240. The van der Waals surface area contributed by atoms with Gasteiger partial charge in [-0.15, -0.1) is 0 Å². The Morgan fingerprint density at radius 3 is 2.71 bits per heavy atom. The van der Waals surface area contributed by atoms with Crippen LogP contribution in [0.3, 0.4) is 0 Å². The number of nitrogens with zero attached hydrogens (tertiary/aromatic N) is 3. The molecule has 1 aromatic heterocycles. The first-order chi connectivity index (χ1) is 13.5. The first-order valence-electron chi connectivity index (χ1n) is 8.81. The normalized spacial score (nSPS) is 16.2. The van der Waals surface area contributed by atoms with Crippen molar-refractivity contribution in [1.82, 2.24) is 9.97 Å². The number of aromatic nitrogens is 2. The van der Waals surface area contributed by atoms with Crippen LogP contribution >= 0.6 is 0 Å². The van der Waals surface area contributed by atoms with Crippen LogP contribution in [0.2, 0.25) is 0 Å². The lowest BCUT2D eigenvalue weighted by atomic mass is 10.2. The number of morpholine rings is 1. The van der Waals surface area contributed by atoms with Crippen molar-refractivity contribution in [3.05, 3.63) is 54.4 Å². The zero-order valence-electron chi connectivity index (χ0n) is 15.3. The Hall–Kier alpha value is -3.00. The van der Waals surface area contributed by atoms with Gasteiger partial charge in [-0.1, -0.05) is 12.1 Å². The summed E-state index contributed by atoms with van der Waals surface area (Å²) < 4.78 is 42.5. The fourth-order valence-electron chi connectivity index (χ4n) is 3.08. The molecule has 1 saturated heterocycles. The summed E-state index contributed by atoms with van der Waals surface area (Å²) in [6, 6.07) is 12.9. The number of benzene rings is 2. The monoisotopic (exact) mass is 387 g/mol. The molecule has 1 aliphatic rings. The number of fused-ring (bicyclic) bond motifs is 1. The molecule has 28 heavy (non-hydrogen) atoms. The number of hydrogen-bond donors (Lipinski definition) is 0. The van der Waals surface area contributed by atoms with Gasteiger partial charge in [0.15, 0.2) is 0 Å². The third-order valence-electron chi connectivity index (χ3n) is 4.53. The summed E-state index contributed by atoms with van der Waals surface area (Å²) in [6.45, 7) is 0.232. The number of halogens is 2. The number of rotatable bonds is 5. The van der Waals surface area contributed by atoms with Gasteiger partial charge in [0.05, 0.1) is 24.6 Å². The number of methoxy groups -OCH3 is 1. The van der Waals surface area contributed by atoms with Gasteiger partial charge in [0.2, 0.25) is 5.88 Å². The molecule has 0 amide bonds. The third kappa shape index (κ3) is 3.96. The average Bonchev–Trinajstić information content (AvgIpc) is 2.71. The Bertz CT molecular complexity index is 967. The van der Waals surface area contributed by atoms with Gasteiger partial charge >= 0.3 is 6.11 Å². The second-order valence-electron chi connectivity index (χ2n) is 6.42. The lowest BCUT2D eigenvalue weighted by Gasteiger charge is -2.33. The largest absolute Gasteiger partial charge is 0.497 e. The second-order valence-corrected chi connectivity index (χ2v) is 6.42. The zero-order valence-corrected chi connectivity index (χ0v) is 15.3. The molecule has 2 heterocycles. The number of anilines is 1. The van der Waals surface area contributed by atoms with Gasteiger partial charge in [-0.3, -0.25) is 0 Å². The van der Waals surface area contributed by atoms with E-state index in [2.05, 4.69) is 14.7 Å². The van der Waals surface area contributed by atoms with Crippen molar-refractivity contribution >= 4 is 16.6 Å². The molecule has 2 aromatic carbocycles. The van der Waals surface area contributed by atoms with Crippen molar-refractivity contribution in [1.29, 1.82) is 0 Å². The molecular weight excluding hydrogens is 368 g/mol. The number of hydrogen-bond acceptors (Lipinski definition) is 6. The quantitative estimate of drug-likeness (QED) is 0.666. The Labute approximate surface area is 160 Å². The van der Waals surface area contributed by atoms with E-state index in [-0.39, 0.29) is 6.61 Å². The van der Waals surface area contributed by atoms with Crippen LogP contribution in [-0.4, -0.2) is 42.9 Å². The molecule has 0 saturated carbocycles. The predicted octanol–water partition coefficient (Wildman–Crippen LogP) is 3.65. The molecule has 0 spiro atoms. The second kappa shape index (κ2) is 7.55. The van der Waals surface area contributed by atoms with E-state index in [1.54, 1.807) is 30.2 Å². The summed E-state index contributed by atoms with van der Waals surface area (Å²) >= 11 is 0. The smallest absolute Gasteiger partial charge is 0.373 e. The van der Waals surface area contributed by atoms with Crippen molar-refractivity contribution in [3.8, 4) is 11.6 Å². The van der Waals surface area contributed by atoms with E-state index in [0.717, 1.165) is 16.7 Å². The highest BCUT2D eigenvalue weighted by molar-refractivity contribution is 5.86. The minimum Gasteiger partial charge on any atom is -0.497 e. The lowest BCUT2D eigenvalue weighted by Crippen LogP contribution is -2.46. The molecule has 0 atom stereocenters. The van der Waals surface area contributed by atoms with Crippen LogP contribution in [-0.2, 0) is 11.3 Å². The predicted molar refractivity (Wildman–Crippen MR) is 100.0 cm³/mol. The highest BCUT2D eigenvalue weighted by atomic mass is 19.3. The highest BCUT2D eigenvalue weighted by Crippen LogP contribution is 2.30. The Morgan fingerprint density at radius 1 is 1.14 bits per heavy atom. The minimum atomic E-state index is -3.15. The fourth-order valence-corrected chi connectivity index (χ4v) is 3.08. The van der Waals surface area contributed by atoms with Gasteiger partial charge < -0.3 is 19.1 Å². The molecule has 0 N–H and O–H groups in total. The molecule has 6 nitrogen and oxygen atoms in total. The summed E-state index contributed by atoms with van der Waals surface area (Å²) in [4.78, 5) is 10.1. The van der Waals surface area contributed by atoms with Gasteiger partial charge in [-0.25, -0.2) is 9.97 Å². The van der Waals surface area contributed by atoms with E-state index in [1.807, 2.05) is 24.3 Å². The number of ether oxygens (including phenoxy) is 3. The van der Waals surface area contributed by atoms with E-state index < -0.39 is 12.7 Å². The maximum absolute atomic E-state index is 13.5. The van der Waals surface area contributed by atoms with Gasteiger partial charge in [-0.05, 0) is 35.9 Å². The standard InChI is InChI=1S/C20H19F2N3O3/c1-26-16-5-2-14(3-6-16)11-27-19-17-7-4-15(10-18(17)23-13-24-19)25-8-9-28-20(21,22)12-25/h2-7,10,13H,8-9,11-12H2,1H3. The maximum atomic E-state index is 13.5. The molecule has 0 bridgehead atoms. The van der Waals surface area contributed by atoms with E-state index >= 15 is 0 Å². The van der Waals surface area contributed by atoms with E-state index in [4.69, 9.17) is 9.47 Å². The van der Waals surface area contributed by atoms with Crippen LogP contribution in [0, 0.1) is 0 Å². The van der Waals surface area contributed by atoms with E-state index in [0.29, 0.717) is 30.2 Å². The summed E-state index contributed by atoms with van der Waals surface area (Å²) in [5, 5.41) is 0.722. The molecule has 3 aromatic rings. The van der Waals surface area contributed by atoms with Crippen molar-refractivity contribution in [2.24, 2.45) is 0 Å². The first kappa shape index (κ1) is 18.4. The summed E-state index contributed by atoms with van der Waals surface area (Å²) in [7, 11) is 1.62. The van der Waals surface area contributed by atoms with Crippen LogP contribution in [0.5, 0.6) is 11.6 Å². The SMILES string of the molecule is COc1ccc(COc2ncnc3cc(N4CCOC(F)(F)C4)ccc23)cc1. The number of alkyl halides is 2. The molecule has 4 rings (SSSR count). The van der Waals surface area contributed by atoms with Crippen LogP contribution in [0.4, 0.5) is 14.5 Å². The molecule has 1 fully saturated rings. The molecule has 1 aliphatic heterocycles. The Balaban J connectivity index is 1.53. The summed E-state index contributed by atoms with van der Waals surface area (Å²) in [5.41, 5.74) is 2.27. The van der Waals surface area contributed by atoms with Crippen molar-refractivity contribution in [2.75, 3.05) is 31.7 Å². The van der Waals surface area contributed by atoms with E-state index in [9.17, 15) is 8.78 Å². The van der Waals surface area contributed by atoms with Crippen molar-refractivity contribution < 1.29 is 23.0 Å². The minimum absolute atomic E-state index is 0.0228. The van der Waals surface area contributed by atoms with Crippen LogP contribution in [0.25, 0.3) is 10.9 Å². The molecule has 0 radical (unpaired) electrons. The highest BCUT2D eigenvalue weighted by Gasteiger charge is 2.36. The molecule has 8 heteroatoms. The van der Waals surface area contributed by atoms with Crippen LogP contribution in [0.1, 0.15) is 5.56 Å². The fraction of sp³-hybridized carbons (Fsp3) is 0.300.